The number of rotatable bonds is 11. The number of hydrogen-bond acceptors (Lipinski definition) is 8. The number of thiazole rings is 1. The molecule has 1 saturated carbocycles. The molecule has 1 aliphatic carbocycles. The normalized spacial score (nSPS) is 19.7. The van der Waals surface area contributed by atoms with E-state index in [9.17, 15) is 13.6 Å². The predicted molar refractivity (Wildman–Crippen MR) is 161 cm³/mol. The van der Waals surface area contributed by atoms with Gasteiger partial charge in [0.2, 0.25) is 0 Å². The van der Waals surface area contributed by atoms with Crippen LogP contribution in [0.3, 0.4) is 0 Å². The number of ether oxygens (including phenoxy) is 3. The molecule has 43 heavy (non-hydrogen) atoms. The van der Waals surface area contributed by atoms with Gasteiger partial charge in [-0.3, -0.25) is 4.79 Å². The largest absolute Gasteiger partial charge is 0.496 e. The quantitative estimate of drug-likeness (QED) is 0.225. The molecule has 2 aliphatic heterocycles. The average molecular weight is 631 g/mol. The molecule has 12 heteroatoms. The van der Waals surface area contributed by atoms with E-state index in [1.165, 1.54) is 11.3 Å². The molecule has 3 heterocycles. The number of piperazine rings is 1. The Morgan fingerprint density at radius 3 is 2.72 bits per heavy atom. The summed E-state index contributed by atoms with van der Waals surface area (Å²) in [5.41, 5.74) is 3.87. The van der Waals surface area contributed by atoms with E-state index in [-0.39, 0.29) is 43.0 Å². The molecule has 228 valence electrons. The molecule has 3 aromatic rings. The highest BCUT2D eigenvalue weighted by molar-refractivity contribution is 7.14. The fourth-order valence-electron chi connectivity index (χ4n) is 5.72. The highest BCUT2D eigenvalue weighted by Gasteiger charge is 2.41. The molecule has 8 nitrogen and oxygen atoms in total. The Bertz CT molecular complexity index is 1550. The Morgan fingerprint density at radius 2 is 1.93 bits per heavy atom. The van der Waals surface area contributed by atoms with Crippen molar-refractivity contribution in [3.8, 4) is 16.7 Å². The van der Waals surface area contributed by atoms with Gasteiger partial charge in [-0.2, -0.15) is 0 Å². The molecule has 1 saturated heterocycles. The molecule has 1 aromatic heterocycles. The second-order valence-electron chi connectivity index (χ2n) is 10.9. The number of carbonyl (C=O) groups is 1. The van der Waals surface area contributed by atoms with E-state index in [4.69, 9.17) is 25.8 Å². The molecule has 0 unspecified atom stereocenters. The van der Waals surface area contributed by atoms with Crippen molar-refractivity contribution in [1.82, 2.24) is 20.5 Å². The third-order valence-electron chi connectivity index (χ3n) is 8.08. The van der Waals surface area contributed by atoms with E-state index in [0.29, 0.717) is 24.7 Å². The Hall–Kier alpha value is -3.25. The second kappa shape index (κ2) is 12.8. The van der Waals surface area contributed by atoms with Gasteiger partial charge in [0.15, 0.2) is 11.6 Å². The monoisotopic (exact) mass is 630 g/mol. The lowest BCUT2D eigenvalue weighted by molar-refractivity contribution is -0.128. The van der Waals surface area contributed by atoms with Crippen molar-refractivity contribution in [2.75, 3.05) is 33.4 Å². The lowest BCUT2D eigenvalue weighted by Gasteiger charge is -2.40. The van der Waals surface area contributed by atoms with E-state index in [2.05, 4.69) is 21.7 Å². The van der Waals surface area contributed by atoms with Gasteiger partial charge in [0.25, 0.3) is 11.1 Å². The highest BCUT2D eigenvalue weighted by Crippen LogP contribution is 2.39. The predicted octanol–water partition coefficient (Wildman–Crippen LogP) is 5.13. The van der Waals surface area contributed by atoms with E-state index in [0.717, 1.165) is 64.4 Å². The van der Waals surface area contributed by atoms with Crippen molar-refractivity contribution in [3.05, 3.63) is 74.8 Å². The van der Waals surface area contributed by atoms with Crippen LogP contribution < -0.4 is 24.8 Å². The number of methoxy groups -OCH3 is 1. The van der Waals surface area contributed by atoms with Crippen molar-refractivity contribution in [2.24, 2.45) is 0 Å². The molecule has 2 N–H and O–H groups in total. The SMILES string of the molecule is COc1cccc(CN(C(=O)C2=C(c3cnc(OCCOc4c(F)ccc(F)c4Cl)s3)C[C@@H]3CNC[C@H]2N3)C2CC2)c1C. The Labute approximate surface area is 258 Å². The van der Waals surface area contributed by atoms with Gasteiger partial charge in [-0.1, -0.05) is 35.1 Å². The summed E-state index contributed by atoms with van der Waals surface area (Å²) in [5.74, 6) is -1.01. The summed E-state index contributed by atoms with van der Waals surface area (Å²) in [4.78, 5) is 21.7. The van der Waals surface area contributed by atoms with Gasteiger partial charge in [0, 0.05) is 43.5 Å². The molecule has 6 rings (SSSR count). The summed E-state index contributed by atoms with van der Waals surface area (Å²) >= 11 is 7.19. The number of nitrogens with one attached hydrogen (secondary N) is 2. The van der Waals surface area contributed by atoms with Gasteiger partial charge < -0.3 is 29.7 Å². The topological polar surface area (TPSA) is 85.0 Å². The van der Waals surface area contributed by atoms with E-state index < -0.39 is 16.7 Å². The first kappa shape index (κ1) is 29.8. The fraction of sp³-hybridized carbons (Fsp3) is 0.419. The maximum Gasteiger partial charge on any atom is 0.273 e. The first-order valence-corrected chi connectivity index (χ1v) is 15.5. The molecule has 2 aromatic carbocycles. The van der Waals surface area contributed by atoms with Crippen LogP contribution in [-0.4, -0.2) is 67.3 Å². The molecule has 0 radical (unpaired) electrons. The molecule has 2 atom stereocenters. The summed E-state index contributed by atoms with van der Waals surface area (Å²) < 4.78 is 44.3. The van der Waals surface area contributed by atoms with Gasteiger partial charge in [0.1, 0.15) is 29.8 Å². The van der Waals surface area contributed by atoms with E-state index in [1.54, 1.807) is 13.3 Å². The van der Waals surface area contributed by atoms with E-state index in [1.807, 2.05) is 24.0 Å². The third kappa shape index (κ3) is 6.35. The first-order valence-electron chi connectivity index (χ1n) is 14.3. The average Bonchev–Trinajstić information content (AvgIpc) is 3.74. The number of benzene rings is 2. The Balaban J connectivity index is 1.21. The van der Waals surface area contributed by atoms with Crippen molar-refractivity contribution in [1.29, 1.82) is 0 Å². The van der Waals surface area contributed by atoms with Crippen molar-refractivity contribution in [3.63, 3.8) is 0 Å². The molecule has 2 fully saturated rings. The minimum absolute atomic E-state index is 0.0395. The Kier molecular flexibility index (Phi) is 8.85. The number of halogens is 3. The first-order chi connectivity index (χ1) is 20.8. The van der Waals surface area contributed by atoms with Gasteiger partial charge in [-0.15, -0.1) is 0 Å². The molecular formula is C31H33ClF2N4O4S. The van der Waals surface area contributed by atoms with Crippen molar-refractivity contribution in [2.45, 2.75) is 50.9 Å². The van der Waals surface area contributed by atoms with Crippen LogP contribution in [-0.2, 0) is 11.3 Å². The van der Waals surface area contributed by atoms with Crippen LogP contribution in [0, 0.1) is 18.6 Å². The van der Waals surface area contributed by atoms with Gasteiger partial charge in [-0.25, -0.2) is 13.8 Å². The number of carbonyl (C=O) groups excluding carboxylic acids is 1. The lowest BCUT2D eigenvalue weighted by Crippen LogP contribution is -2.59. The summed E-state index contributed by atoms with van der Waals surface area (Å²) in [7, 11) is 1.66. The molecule has 1 amide bonds. The van der Waals surface area contributed by atoms with Crippen LogP contribution in [0.1, 0.15) is 35.3 Å². The number of hydrogen-bond donors (Lipinski definition) is 2. The minimum atomic E-state index is -0.761. The number of amides is 1. The summed E-state index contributed by atoms with van der Waals surface area (Å²) in [6, 6.07) is 8.15. The van der Waals surface area contributed by atoms with Crippen LogP contribution in [0.5, 0.6) is 16.7 Å². The lowest BCUT2D eigenvalue weighted by atomic mass is 9.86. The summed E-state index contributed by atoms with van der Waals surface area (Å²) in [6.07, 6.45) is 4.40. The number of nitrogens with zero attached hydrogens (tertiary/aromatic N) is 2. The maximum atomic E-state index is 14.4. The van der Waals surface area contributed by atoms with Crippen LogP contribution in [0.2, 0.25) is 5.02 Å². The highest BCUT2D eigenvalue weighted by atomic mass is 35.5. The number of aromatic nitrogens is 1. The zero-order valence-corrected chi connectivity index (χ0v) is 25.5. The molecule has 3 aliphatic rings. The van der Waals surface area contributed by atoms with Crippen LogP contribution in [0.4, 0.5) is 8.78 Å². The fourth-order valence-corrected chi connectivity index (χ4v) is 6.79. The minimum Gasteiger partial charge on any atom is -0.496 e. The summed E-state index contributed by atoms with van der Waals surface area (Å²) in [6.45, 7) is 4.02. The zero-order valence-electron chi connectivity index (χ0n) is 23.9. The van der Waals surface area contributed by atoms with Crippen molar-refractivity contribution < 1.29 is 27.8 Å². The Morgan fingerprint density at radius 1 is 1.14 bits per heavy atom. The van der Waals surface area contributed by atoms with Gasteiger partial charge in [0.05, 0.1) is 18.0 Å². The molecule has 2 bridgehead atoms. The standard InChI is InChI=1S/C31H33ClF2N4O4S/c1-17-18(4-3-5-25(17)40-2)16-38(20-6-7-20)30(39)27-21(12-19-13-35-14-24(27)37-19)26-15-36-31(43-26)42-11-10-41-29-23(34)9-8-22(33)28(29)32/h3-5,8-9,15,19-20,24,35,37H,6-7,10-14,16H2,1-2H3/t19-,24-/m1/s1. The van der Waals surface area contributed by atoms with Crippen molar-refractivity contribution >= 4 is 34.4 Å². The van der Waals surface area contributed by atoms with Gasteiger partial charge >= 0.3 is 0 Å². The molecule has 0 spiro atoms. The third-order valence-corrected chi connectivity index (χ3v) is 9.40. The smallest absolute Gasteiger partial charge is 0.273 e. The number of fused-ring (bicyclic) bond motifs is 2. The maximum absolute atomic E-state index is 14.4. The van der Waals surface area contributed by atoms with Crippen LogP contribution >= 0.6 is 22.9 Å². The van der Waals surface area contributed by atoms with Crippen LogP contribution in [0.25, 0.3) is 5.57 Å². The second-order valence-corrected chi connectivity index (χ2v) is 12.3. The van der Waals surface area contributed by atoms with E-state index >= 15 is 0 Å². The van der Waals surface area contributed by atoms with Gasteiger partial charge in [-0.05, 0) is 61.1 Å². The van der Waals surface area contributed by atoms with Crippen LogP contribution in [0.15, 0.2) is 42.1 Å². The molecular weight excluding hydrogens is 598 g/mol. The zero-order chi connectivity index (χ0) is 30.1. The summed E-state index contributed by atoms with van der Waals surface area (Å²) in [5, 5.41) is 7.11.